The molecule has 0 saturated carbocycles. The molecule has 2 N–H and O–H groups in total. The first-order valence-corrected chi connectivity index (χ1v) is 9.77. The summed E-state index contributed by atoms with van der Waals surface area (Å²) in [5, 5.41) is 3.21. The summed E-state index contributed by atoms with van der Waals surface area (Å²) in [6.45, 7) is 1.60. The predicted molar refractivity (Wildman–Crippen MR) is 99.8 cm³/mol. The van der Waals surface area contributed by atoms with Gasteiger partial charge in [-0.15, -0.1) is 0 Å². The minimum atomic E-state index is -3.14. The SMILES string of the molecule is CN=C(NCCCNS(C)(=O)=O)N(C)Cc1ccc(OC)cc1OC. The van der Waals surface area contributed by atoms with Gasteiger partial charge in [0.1, 0.15) is 11.5 Å². The first-order valence-electron chi connectivity index (χ1n) is 7.88. The van der Waals surface area contributed by atoms with Gasteiger partial charge in [-0.25, -0.2) is 13.1 Å². The van der Waals surface area contributed by atoms with E-state index in [9.17, 15) is 8.42 Å². The van der Waals surface area contributed by atoms with E-state index >= 15 is 0 Å². The third kappa shape index (κ3) is 7.61. The number of nitrogens with one attached hydrogen (secondary N) is 2. The van der Waals surface area contributed by atoms with Crippen LogP contribution in [0.25, 0.3) is 0 Å². The molecule has 9 heteroatoms. The van der Waals surface area contributed by atoms with Crippen molar-refractivity contribution in [2.75, 3.05) is 47.7 Å². The van der Waals surface area contributed by atoms with Gasteiger partial charge >= 0.3 is 0 Å². The third-order valence-electron chi connectivity index (χ3n) is 3.48. The Bertz CT molecular complexity index is 677. The standard InChI is InChI=1S/C16H28N4O4S/c1-17-16(18-9-6-10-19-25(5,21)22)20(2)12-13-7-8-14(23-3)11-15(13)24-4/h7-8,11,19H,6,9-10,12H2,1-5H3,(H,17,18). The van der Waals surface area contributed by atoms with Crippen molar-refractivity contribution in [2.45, 2.75) is 13.0 Å². The summed E-state index contributed by atoms with van der Waals surface area (Å²) < 4.78 is 35.1. The average Bonchev–Trinajstić information content (AvgIpc) is 2.57. The molecule has 0 aliphatic heterocycles. The lowest BCUT2D eigenvalue weighted by Gasteiger charge is -2.23. The Morgan fingerprint density at radius 3 is 2.52 bits per heavy atom. The molecule has 8 nitrogen and oxygen atoms in total. The Morgan fingerprint density at radius 2 is 1.96 bits per heavy atom. The maximum atomic E-state index is 11.0. The largest absolute Gasteiger partial charge is 0.497 e. The van der Waals surface area contributed by atoms with Gasteiger partial charge in [0.25, 0.3) is 0 Å². The number of hydrogen-bond donors (Lipinski definition) is 2. The quantitative estimate of drug-likeness (QED) is 0.376. The number of hydrogen-bond acceptors (Lipinski definition) is 5. The number of nitrogens with zero attached hydrogens (tertiary/aromatic N) is 2. The lowest BCUT2D eigenvalue weighted by molar-refractivity contribution is 0.382. The van der Waals surface area contributed by atoms with Crippen LogP contribution in [0.15, 0.2) is 23.2 Å². The number of methoxy groups -OCH3 is 2. The van der Waals surface area contributed by atoms with E-state index in [4.69, 9.17) is 9.47 Å². The summed E-state index contributed by atoms with van der Waals surface area (Å²) in [6, 6.07) is 5.69. The molecule has 1 aromatic rings. The van der Waals surface area contributed by atoms with Crippen molar-refractivity contribution in [1.29, 1.82) is 0 Å². The first-order chi connectivity index (χ1) is 11.8. The zero-order chi connectivity index (χ0) is 18.9. The van der Waals surface area contributed by atoms with Crippen LogP contribution in [0.1, 0.15) is 12.0 Å². The minimum Gasteiger partial charge on any atom is -0.497 e. The summed E-state index contributed by atoms with van der Waals surface area (Å²) in [5.41, 5.74) is 1.01. The zero-order valence-corrected chi connectivity index (χ0v) is 16.3. The molecule has 0 aliphatic carbocycles. The topological polar surface area (TPSA) is 92.3 Å². The van der Waals surface area contributed by atoms with Gasteiger partial charge in [-0.2, -0.15) is 0 Å². The van der Waals surface area contributed by atoms with Crippen molar-refractivity contribution < 1.29 is 17.9 Å². The zero-order valence-electron chi connectivity index (χ0n) is 15.5. The normalized spacial score (nSPS) is 12.0. The molecular formula is C16H28N4O4S. The molecule has 0 fully saturated rings. The lowest BCUT2D eigenvalue weighted by Crippen LogP contribution is -2.39. The van der Waals surface area contributed by atoms with Crippen LogP contribution in [0.5, 0.6) is 11.5 Å². The highest BCUT2D eigenvalue weighted by atomic mass is 32.2. The molecule has 0 radical (unpaired) electrons. The summed E-state index contributed by atoms with van der Waals surface area (Å²) in [5.74, 6) is 2.21. The number of guanidine groups is 1. The third-order valence-corrected chi connectivity index (χ3v) is 4.20. The van der Waals surface area contributed by atoms with Crippen LogP contribution in [0, 0.1) is 0 Å². The molecular weight excluding hydrogens is 344 g/mol. The van der Waals surface area contributed by atoms with Gasteiger partial charge in [0, 0.05) is 45.4 Å². The molecule has 142 valence electrons. The predicted octanol–water partition coefficient (Wildman–Crippen LogP) is 0.650. The van der Waals surface area contributed by atoms with E-state index in [2.05, 4.69) is 15.0 Å². The van der Waals surface area contributed by atoms with Crippen molar-refractivity contribution in [3.05, 3.63) is 23.8 Å². The molecule has 0 heterocycles. The highest BCUT2D eigenvalue weighted by Gasteiger charge is 2.11. The Balaban J connectivity index is 2.58. The van der Waals surface area contributed by atoms with Crippen LogP contribution in [-0.2, 0) is 16.6 Å². The molecule has 1 aromatic carbocycles. The van der Waals surface area contributed by atoms with Crippen LogP contribution in [0.4, 0.5) is 0 Å². The molecule has 0 amide bonds. The Labute approximate surface area is 150 Å². The van der Waals surface area contributed by atoms with E-state index in [1.807, 2.05) is 30.1 Å². The fourth-order valence-corrected chi connectivity index (χ4v) is 2.76. The maximum Gasteiger partial charge on any atom is 0.208 e. The minimum absolute atomic E-state index is 0.388. The lowest BCUT2D eigenvalue weighted by atomic mass is 10.2. The second-order valence-electron chi connectivity index (χ2n) is 5.53. The number of ether oxygens (including phenoxy) is 2. The maximum absolute atomic E-state index is 11.0. The molecule has 0 aliphatic rings. The van der Waals surface area contributed by atoms with Crippen LogP contribution in [0.2, 0.25) is 0 Å². The van der Waals surface area contributed by atoms with E-state index < -0.39 is 10.0 Å². The van der Waals surface area contributed by atoms with Gasteiger partial charge in [0.15, 0.2) is 5.96 Å². The molecule has 0 atom stereocenters. The first kappa shape index (κ1) is 21.0. The van der Waals surface area contributed by atoms with Crippen molar-refractivity contribution in [3.63, 3.8) is 0 Å². The molecule has 25 heavy (non-hydrogen) atoms. The van der Waals surface area contributed by atoms with Gasteiger partial charge in [0.2, 0.25) is 10.0 Å². The second-order valence-corrected chi connectivity index (χ2v) is 7.36. The number of aliphatic imine (C=N–C) groups is 1. The molecule has 0 unspecified atom stereocenters. The summed E-state index contributed by atoms with van der Waals surface area (Å²) in [7, 11) is 3.73. The highest BCUT2D eigenvalue weighted by molar-refractivity contribution is 7.88. The van der Waals surface area contributed by atoms with Gasteiger partial charge in [-0.1, -0.05) is 0 Å². The van der Waals surface area contributed by atoms with Crippen molar-refractivity contribution in [1.82, 2.24) is 14.9 Å². The van der Waals surface area contributed by atoms with Crippen LogP contribution in [-0.4, -0.2) is 66.9 Å². The molecule has 0 saturated heterocycles. The molecule has 0 aromatic heterocycles. The monoisotopic (exact) mass is 372 g/mol. The van der Waals surface area contributed by atoms with Gasteiger partial charge < -0.3 is 19.7 Å². The molecule has 0 spiro atoms. The number of sulfonamides is 1. The average molecular weight is 372 g/mol. The fourth-order valence-electron chi connectivity index (χ4n) is 2.24. The Kier molecular flexibility index (Phi) is 8.50. The van der Waals surface area contributed by atoms with Crippen molar-refractivity contribution in [2.24, 2.45) is 4.99 Å². The van der Waals surface area contributed by atoms with Gasteiger partial charge in [-0.3, -0.25) is 4.99 Å². The smallest absolute Gasteiger partial charge is 0.208 e. The Hall–Kier alpha value is -2.00. The van der Waals surface area contributed by atoms with Crippen LogP contribution < -0.4 is 19.5 Å². The van der Waals surface area contributed by atoms with E-state index in [1.54, 1.807) is 21.3 Å². The Morgan fingerprint density at radius 1 is 1.24 bits per heavy atom. The van der Waals surface area contributed by atoms with Gasteiger partial charge in [-0.05, 0) is 18.6 Å². The summed E-state index contributed by atoms with van der Waals surface area (Å²) >= 11 is 0. The van der Waals surface area contributed by atoms with Gasteiger partial charge in [0.05, 0.1) is 20.5 Å². The summed E-state index contributed by atoms with van der Waals surface area (Å²) in [6.07, 6.45) is 1.81. The van der Waals surface area contributed by atoms with Crippen molar-refractivity contribution >= 4 is 16.0 Å². The van der Waals surface area contributed by atoms with E-state index in [0.29, 0.717) is 26.1 Å². The molecule has 1 rings (SSSR count). The number of benzene rings is 1. The van der Waals surface area contributed by atoms with E-state index in [1.165, 1.54) is 0 Å². The highest BCUT2D eigenvalue weighted by Crippen LogP contribution is 2.25. The number of rotatable bonds is 9. The van der Waals surface area contributed by atoms with Crippen molar-refractivity contribution in [3.8, 4) is 11.5 Å². The fraction of sp³-hybridized carbons (Fsp3) is 0.562. The summed E-state index contributed by atoms with van der Waals surface area (Å²) in [4.78, 5) is 6.21. The van der Waals surface area contributed by atoms with E-state index in [0.717, 1.165) is 29.3 Å². The second kappa shape index (κ2) is 10.1. The van der Waals surface area contributed by atoms with Crippen LogP contribution >= 0.6 is 0 Å². The molecule has 0 bridgehead atoms. The van der Waals surface area contributed by atoms with E-state index in [-0.39, 0.29) is 0 Å². The van der Waals surface area contributed by atoms with Crippen LogP contribution in [0.3, 0.4) is 0 Å².